The van der Waals surface area contributed by atoms with E-state index in [9.17, 15) is 9.90 Å². The first-order chi connectivity index (χ1) is 9.08. The van der Waals surface area contributed by atoms with Crippen molar-refractivity contribution in [2.45, 2.75) is 25.4 Å². The van der Waals surface area contributed by atoms with Crippen LogP contribution in [0, 0.1) is 5.92 Å². The van der Waals surface area contributed by atoms with E-state index in [4.69, 9.17) is 0 Å². The van der Waals surface area contributed by atoms with Gasteiger partial charge in [0.05, 0.1) is 6.10 Å². The van der Waals surface area contributed by atoms with Crippen molar-refractivity contribution in [3.8, 4) is 0 Å². The molecule has 1 aromatic rings. The second-order valence-electron chi connectivity index (χ2n) is 5.39. The summed E-state index contributed by atoms with van der Waals surface area (Å²) in [6, 6.07) is 7.52. The molecule has 1 atom stereocenters. The summed E-state index contributed by atoms with van der Waals surface area (Å²) in [5.41, 5.74) is 1.66. The second-order valence-corrected chi connectivity index (χ2v) is 5.39. The molecule has 19 heavy (non-hydrogen) atoms. The third-order valence-electron chi connectivity index (χ3n) is 3.52. The van der Waals surface area contributed by atoms with E-state index in [-0.39, 0.29) is 12.0 Å². The minimum Gasteiger partial charge on any atom is -0.393 e. The number of amides is 1. The van der Waals surface area contributed by atoms with Crippen LogP contribution in [0.3, 0.4) is 0 Å². The van der Waals surface area contributed by atoms with Crippen LogP contribution in [0.1, 0.15) is 29.6 Å². The van der Waals surface area contributed by atoms with Crippen LogP contribution in [-0.2, 0) is 0 Å². The lowest BCUT2D eigenvalue weighted by atomic mass is 10.1. The van der Waals surface area contributed by atoms with Gasteiger partial charge in [-0.15, -0.1) is 0 Å². The van der Waals surface area contributed by atoms with Gasteiger partial charge in [0, 0.05) is 31.9 Å². The number of nitrogens with zero attached hydrogens (tertiary/aromatic N) is 1. The minimum atomic E-state index is -0.256. The van der Waals surface area contributed by atoms with Crippen molar-refractivity contribution in [2.24, 2.45) is 5.92 Å². The SMILES string of the molecule is CN(C)c1cccc(C(=O)NCC[C@@H](O)C2CC2)c1. The molecule has 1 saturated carbocycles. The number of anilines is 1. The average molecular weight is 262 g/mol. The molecule has 1 aliphatic rings. The Balaban J connectivity index is 1.83. The van der Waals surface area contributed by atoms with Crippen LogP contribution in [0.2, 0.25) is 0 Å². The van der Waals surface area contributed by atoms with Crippen molar-refractivity contribution in [2.75, 3.05) is 25.5 Å². The molecule has 104 valence electrons. The fraction of sp³-hybridized carbons (Fsp3) is 0.533. The Kier molecular flexibility index (Phi) is 4.43. The third kappa shape index (κ3) is 3.96. The van der Waals surface area contributed by atoms with Gasteiger partial charge in [0.1, 0.15) is 0 Å². The summed E-state index contributed by atoms with van der Waals surface area (Å²) in [4.78, 5) is 13.9. The zero-order valence-corrected chi connectivity index (χ0v) is 11.6. The minimum absolute atomic E-state index is 0.0771. The molecule has 2 rings (SSSR count). The van der Waals surface area contributed by atoms with Crippen molar-refractivity contribution < 1.29 is 9.90 Å². The number of aliphatic hydroxyl groups is 1. The molecule has 1 aromatic carbocycles. The fourth-order valence-corrected chi connectivity index (χ4v) is 2.08. The van der Waals surface area contributed by atoms with Gasteiger partial charge in [-0.3, -0.25) is 4.79 Å². The molecule has 4 heteroatoms. The number of aliphatic hydroxyl groups excluding tert-OH is 1. The average Bonchev–Trinajstić information content (AvgIpc) is 3.23. The van der Waals surface area contributed by atoms with Gasteiger partial charge in [-0.05, 0) is 43.4 Å². The Hall–Kier alpha value is -1.55. The topological polar surface area (TPSA) is 52.6 Å². The number of hydrogen-bond acceptors (Lipinski definition) is 3. The number of hydrogen-bond donors (Lipinski definition) is 2. The van der Waals surface area contributed by atoms with E-state index >= 15 is 0 Å². The molecule has 0 spiro atoms. The molecular weight excluding hydrogens is 240 g/mol. The molecule has 0 saturated heterocycles. The fourth-order valence-electron chi connectivity index (χ4n) is 2.08. The Morgan fingerprint density at radius 3 is 2.84 bits per heavy atom. The number of carbonyl (C=O) groups is 1. The highest BCUT2D eigenvalue weighted by molar-refractivity contribution is 5.95. The quantitative estimate of drug-likeness (QED) is 0.819. The second kappa shape index (κ2) is 6.06. The van der Waals surface area contributed by atoms with Crippen molar-refractivity contribution >= 4 is 11.6 Å². The normalized spacial score (nSPS) is 15.9. The van der Waals surface area contributed by atoms with Crippen LogP contribution in [0.25, 0.3) is 0 Å². The Morgan fingerprint density at radius 2 is 2.21 bits per heavy atom. The number of benzene rings is 1. The summed E-state index contributed by atoms with van der Waals surface area (Å²) in [6.45, 7) is 0.530. The van der Waals surface area contributed by atoms with E-state index in [2.05, 4.69) is 5.32 Å². The molecule has 1 aliphatic carbocycles. The summed E-state index contributed by atoms with van der Waals surface area (Å²) in [6.07, 6.45) is 2.64. The van der Waals surface area contributed by atoms with Gasteiger partial charge in [-0.1, -0.05) is 6.07 Å². The molecule has 1 amide bonds. The van der Waals surface area contributed by atoms with Crippen LogP contribution in [0.5, 0.6) is 0 Å². The lowest BCUT2D eigenvalue weighted by molar-refractivity contribution is 0.0937. The van der Waals surface area contributed by atoms with Gasteiger partial charge in [0.15, 0.2) is 0 Å². The third-order valence-corrected chi connectivity index (χ3v) is 3.52. The number of nitrogens with one attached hydrogen (secondary N) is 1. The predicted molar refractivity (Wildman–Crippen MR) is 76.5 cm³/mol. The van der Waals surface area contributed by atoms with Crippen molar-refractivity contribution in [1.29, 1.82) is 0 Å². The summed E-state index contributed by atoms with van der Waals surface area (Å²) in [5.74, 6) is 0.390. The van der Waals surface area contributed by atoms with E-state index in [1.807, 2.05) is 37.2 Å². The Morgan fingerprint density at radius 1 is 1.47 bits per heavy atom. The van der Waals surface area contributed by atoms with E-state index < -0.39 is 0 Å². The lowest BCUT2D eigenvalue weighted by Gasteiger charge is -2.14. The summed E-state index contributed by atoms with van der Waals surface area (Å²) >= 11 is 0. The largest absolute Gasteiger partial charge is 0.393 e. The van der Waals surface area contributed by atoms with Gasteiger partial charge in [-0.25, -0.2) is 0 Å². The van der Waals surface area contributed by atoms with Gasteiger partial charge < -0.3 is 15.3 Å². The Labute approximate surface area is 114 Å². The first kappa shape index (κ1) is 13.9. The van der Waals surface area contributed by atoms with E-state index in [1.165, 1.54) is 0 Å². The van der Waals surface area contributed by atoms with Crippen molar-refractivity contribution in [3.63, 3.8) is 0 Å². The molecule has 0 aromatic heterocycles. The molecule has 0 bridgehead atoms. The molecule has 2 N–H and O–H groups in total. The smallest absolute Gasteiger partial charge is 0.251 e. The first-order valence-electron chi connectivity index (χ1n) is 6.81. The molecular formula is C15H22N2O2. The van der Waals surface area contributed by atoms with E-state index in [1.54, 1.807) is 6.07 Å². The zero-order valence-electron chi connectivity index (χ0n) is 11.6. The van der Waals surface area contributed by atoms with E-state index in [0.29, 0.717) is 24.4 Å². The molecule has 0 heterocycles. The van der Waals surface area contributed by atoms with Gasteiger partial charge in [0.2, 0.25) is 0 Å². The number of rotatable bonds is 6. The first-order valence-corrected chi connectivity index (χ1v) is 6.81. The van der Waals surface area contributed by atoms with Crippen molar-refractivity contribution in [1.82, 2.24) is 5.32 Å². The highest BCUT2D eigenvalue weighted by Crippen LogP contribution is 2.33. The molecule has 0 aliphatic heterocycles. The van der Waals surface area contributed by atoms with Crippen LogP contribution < -0.4 is 10.2 Å². The van der Waals surface area contributed by atoms with Crippen LogP contribution in [0.4, 0.5) is 5.69 Å². The highest BCUT2D eigenvalue weighted by atomic mass is 16.3. The van der Waals surface area contributed by atoms with Crippen LogP contribution in [0.15, 0.2) is 24.3 Å². The summed E-state index contributed by atoms with van der Waals surface area (Å²) < 4.78 is 0. The van der Waals surface area contributed by atoms with Crippen molar-refractivity contribution in [3.05, 3.63) is 29.8 Å². The summed E-state index contributed by atoms with van der Waals surface area (Å²) in [7, 11) is 3.89. The van der Waals surface area contributed by atoms with Gasteiger partial charge in [0.25, 0.3) is 5.91 Å². The summed E-state index contributed by atoms with van der Waals surface area (Å²) in [5, 5.41) is 12.6. The van der Waals surface area contributed by atoms with Gasteiger partial charge in [-0.2, -0.15) is 0 Å². The van der Waals surface area contributed by atoms with Gasteiger partial charge >= 0.3 is 0 Å². The van der Waals surface area contributed by atoms with E-state index in [0.717, 1.165) is 18.5 Å². The standard InChI is InChI=1S/C15H22N2O2/c1-17(2)13-5-3-4-12(10-13)15(19)16-9-8-14(18)11-6-7-11/h3-5,10-11,14,18H,6-9H2,1-2H3,(H,16,19)/t14-/m1/s1. The highest BCUT2D eigenvalue weighted by Gasteiger charge is 2.29. The molecule has 0 unspecified atom stereocenters. The maximum atomic E-state index is 12.0. The zero-order chi connectivity index (χ0) is 13.8. The monoisotopic (exact) mass is 262 g/mol. The Bertz CT molecular complexity index is 442. The lowest BCUT2D eigenvalue weighted by Crippen LogP contribution is -2.27. The maximum Gasteiger partial charge on any atom is 0.251 e. The predicted octanol–water partition coefficient (Wildman–Crippen LogP) is 1.64. The number of carbonyl (C=O) groups excluding carboxylic acids is 1. The maximum absolute atomic E-state index is 12.0. The molecule has 1 fully saturated rings. The molecule has 0 radical (unpaired) electrons. The molecule has 4 nitrogen and oxygen atoms in total. The van der Waals surface area contributed by atoms with Crippen LogP contribution in [-0.4, -0.2) is 37.8 Å². The van der Waals surface area contributed by atoms with Crippen LogP contribution >= 0.6 is 0 Å².